The number of hydrogen-bond acceptors (Lipinski definition) is 2. The van der Waals surface area contributed by atoms with Gasteiger partial charge in [-0.1, -0.05) is 48.5 Å². The Hall–Kier alpha value is -3.28. The first-order valence-electron chi connectivity index (χ1n) is 7.91. The number of fused-ring (bicyclic) bond motifs is 1. The van der Waals surface area contributed by atoms with Gasteiger partial charge in [-0.25, -0.2) is 13.6 Å². The van der Waals surface area contributed by atoms with Gasteiger partial charge in [0.2, 0.25) is 0 Å². The molecule has 0 aliphatic carbocycles. The van der Waals surface area contributed by atoms with Gasteiger partial charge in [-0.05, 0) is 28.5 Å². The minimum Gasteiger partial charge on any atom is -0.480 e. The molecule has 26 heavy (non-hydrogen) atoms. The first-order chi connectivity index (χ1) is 12.5. The van der Waals surface area contributed by atoms with E-state index in [-0.39, 0.29) is 6.42 Å². The Bertz CT molecular complexity index is 988. The van der Waals surface area contributed by atoms with Crippen LogP contribution in [0.25, 0.3) is 10.8 Å². The number of hydrogen-bond donors (Lipinski definition) is 2. The number of halogens is 2. The second-order valence-corrected chi connectivity index (χ2v) is 5.85. The Morgan fingerprint density at radius 1 is 0.962 bits per heavy atom. The fourth-order valence-electron chi connectivity index (χ4n) is 2.72. The lowest BCUT2D eigenvalue weighted by molar-refractivity contribution is -0.139. The second kappa shape index (κ2) is 7.31. The molecular formula is C20H15F2NO3. The lowest BCUT2D eigenvalue weighted by atomic mass is 10.0. The molecule has 0 radical (unpaired) electrons. The molecular weight excluding hydrogens is 340 g/mol. The van der Waals surface area contributed by atoms with Gasteiger partial charge in [-0.2, -0.15) is 0 Å². The Kier molecular flexibility index (Phi) is 4.93. The van der Waals surface area contributed by atoms with Gasteiger partial charge in [0.1, 0.15) is 6.04 Å². The SMILES string of the molecule is O=C(N[C@H](Cc1ccc2ccccc2c1)C(=O)O)c1cccc(F)c1F. The first kappa shape index (κ1) is 17.5. The monoisotopic (exact) mass is 355 g/mol. The van der Waals surface area contributed by atoms with Crippen LogP contribution in [-0.2, 0) is 11.2 Å². The Labute approximate surface area is 148 Å². The Morgan fingerprint density at radius 3 is 2.42 bits per heavy atom. The molecule has 4 nitrogen and oxygen atoms in total. The van der Waals surface area contributed by atoms with Crippen LogP contribution in [0, 0.1) is 11.6 Å². The van der Waals surface area contributed by atoms with E-state index < -0.39 is 35.1 Å². The molecule has 0 fully saturated rings. The summed E-state index contributed by atoms with van der Waals surface area (Å²) in [6.45, 7) is 0. The maximum Gasteiger partial charge on any atom is 0.326 e. The van der Waals surface area contributed by atoms with E-state index in [9.17, 15) is 23.5 Å². The normalized spacial score (nSPS) is 11.9. The summed E-state index contributed by atoms with van der Waals surface area (Å²) >= 11 is 0. The molecule has 0 aromatic heterocycles. The highest BCUT2D eigenvalue weighted by Crippen LogP contribution is 2.17. The van der Waals surface area contributed by atoms with Crippen molar-refractivity contribution in [1.82, 2.24) is 5.32 Å². The number of carbonyl (C=O) groups is 2. The summed E-state index contributed by atoms with van der Waals surface area (Å²) in [5.74, 6) is -4.71. The van der Waals surface area contributed by atoms with E-state index in [1.165, 1.54) is 6.07 Å². The highest BCUT2D eigenvalue weighted by molar-refractivity contribution is 5.97. The van der Waals surface area contributed by atoms with Crippen molar-refractivity contribution >= 4 is 22.6 Å². The molecule has 0 heterocycles. The van der Waals surface area contributed by atoms with Gasteiger partial charge < -0.3 is 10.4 Å². The molecule has 3 rings (SSSR count). The molecule has 0 spiro atoms. The fraction of sp³-hybridized carbons (Fsp3) is 0.100. The Morgan fingerprint density at radius 2 is 1.69 bits per heavy atom. The number of carboxylic acids is 1. The summed E-state index contributed by atoms with van der Waals surface area (Å²) in [7, 11) is 0. The smallest absolute Gasteiger partial charge is 0.326 e. The van der Waals surface area contributed by atoms with Gasteiger partial charge in [0.05, 0.1) is 5.56 Å². The van der Waals surface area contributed by atoms with Crippen LogP contribution in [0.4, 0.5) is 8.78 Å². The molecule has 3 aromatic rings. The van der Waals surface area contributed by atoms with Gasteiger partial charge in [0.25, 0.3) is 5.91 Å². The van der Waals surface area contributed by atoms with Crippen molar-refractivity contribution in [2.45, 2.75) is 12.5 Å². The number of amides is 1. The van der Waals surface area contributed by atoms with E-state index in [0.29, 0.717) is 5.56 Å². The van der Waals surface area contributed by atoms with Crippen LogP contribution in [0.15, 0.2) is 60.7 Å². The van der Waals surface area contributed by atoms with E-state index in [1.807, 2.05) is 36.4 Å². The number of aliphatic carboxylic acids is 1. The van der Waals surface area contributed by atoms with Gasteiger partial charge in [-0.15, -0.1) is 0 Å². The lowest BCUT2D eigenvalue weighted by Crippen LogP contribution is -2.42. The van der Waals surface area contributed by atoms with E-state index in [0.717, 1.165) is 22.9 Å². The number of benzene rings is 3. The van der Waals surface area contributed by atoms with Gasteiger partial charge in [0.15, 0.2) is 11.6 Å². The van der Waals surface area contributed by atoms with E-state index in [4.69, 9.17) is 0 Å². The number of rotatable bonds is 5. The third-order valence-electron chi connectivity index (χ3n) is 4.05. The molecule has 0 saturated heterocycles. The molecule has 0 unspecified atom stereocenters. The van der Waals surface area contributed by atoms with Crippen molar-refractivity contribution in [2.75, 3.05) is 0 Å². The number of carbonyl (C=O) groups excluding carboxylic acids is 1. The summed E-state index contributed by atoms with van der Waals surface area (Å²) in [5, 5.41) is 13.6. The number of nitrogens with one attached hydrogen (secondary N) is 1. The summed E-state index contributed by atoms with van der Waals surface area (Å²) in [4.78, 5) is 23.7. The Balaban J connectivity index is 1.81. The topological polar surface area (TPSA) is 66.4 Å². The van der Waals surface area contributed by atoms with Crippen LogP contribution in [0.5, 0.6) is 0 Å². The largest absolute Gasteiger partial charge is 0.480 e. The van der Waals surface area contributed by atoms with Crippen molar-refractivity contribution in [1.29, 1.82) is 0 Å². The number of carboxylic acid groups (broad SMARTS) is 1. The highest BCUT2D eigenvalue weighted by atomic mass is 19.2. The highest BCUT2D eigenvalue weighted by Gasteiger charge is 2.23. The molecule has 2 N–H and O–H groups in total. The summed E-state index contributed by atoms with van der Waals surface area (Å²) in [5.41, 5.74) is 0.172. The van der Waals surface area contributed by atoms with Crippen LogP contribution in [0.1, 0.15) is 15.9 Å². The first-order valence-corrected chi connectivity index (χ1v) is 7.91. The summed E-state index contributed by atoms with van der Waals surface area (Å²) < 4.78 is 27.0. The zero-order chi connectivity index (χ0) is 18.7. The maximum atomic E-state index is 13.7. The average molecular weight is 355 g/mol. The summed E-state index contributed by atoms with van der Waals surface area (Å²) in [6.07, 6.45) is 0.0167. The van der Waals surface area contributed by atoms with Crippen LogP contribution in [0.3, 0.4) is 0 Å². The van der Waals surface area contributed by atoms with Crippen molar-refractivity contribution < 1.29 is 23.5 Å². The second-order valence-electron chi connectivity index (χ2n) is 5.85. The van der Waals surface area contributed by atoms with Crippen molar-refractivity contribution in [3.8, 4) is 0 Å². The van der Waals surface area contributed by atoms with Gasteiger partial charge in [-0.3, -0.25) is 4.79 Å². The van der Waals surface area contributed by atoms with Gasteiger partial charge in [0, 0.05) is 6.42 Å². The molecule has 0 saturated carbocycles. The minimum absolute atomic E-state index is 0.0167. The van der Waals surface area contributed by atoms with Crippen molar-refractivity contribution in [3.05, 3.63) is 83.4 Å². The van der Waals surface area contributed by atoms with Crippen LogP contribution >= 0.6 is 0 Å². The fourth-order valence-corrected chi connectivity index (χ4v) is 2.72. The zero-order valence-corrected chi connectivity index (χ0v) is 13.6. The van der Waals surface area contributed by atoms with E-state index >= 15 is 0 Å². The van der Waals surface area contributed by atoms with Crippen LogP contribution in [0.2, 0.25) is 0 Å². The average Bonchev–Trinajstić information content (AvgIpc) is 2.63. The molecule has 6 heteroatoms. The lowest BCUT2D eigenvalue weighted by Gasteiger charge is -2.15. The molecule has 3 aromatic carbocycles. The third-order valence-corrected chi connectivity index (χ3v) is 4.05. The summed E-state index contributed by atoms with van der Waals surface area (Å²) in [6, 6.07) is 15.0. The molecule has 0 aliphatic heterocycles. The van der Waals surface area contributed by atoms with E-state index in [2.05, 4.69) is 5.32 Å². The van der Waals surface area contributed by atoms with Crippen molar-refractivity contribution in [3.63, 3.8) is 0 Å². The zero-order valence-electron chi connectivity index (χ0n) is 13.6. The quantitative estimate of drug-likeness (QED) is 0.736. The third kappa shape index (κ3) is 3.69. The molecule has 0 aliphatic rings. The molecule has 132 valence electrons. The minimum atomic E-state index is -1.31. The van der Waals surface area contributed by atoms with Crippen LogP contribution < -0.4 is 5.32 Å². The predicted octanol–water partition coefficient (Wildman–Crippen LogP) is 3.54. The molecule has 1 amide bonds. The van der Waals surface area contributed by atoms with Gasteiger partial charge >= 0.3 is 5.97 Å². The van der Waals surface area contributed by atoms with E-state index in [1.54, 1.807) is 6.07 Å². The van der Waals surface area contributed by atoms with Crippen LogP contribution in [-0.4, -0.2) is 23.0 Å². The molecule has 0 bridgehead atoms. The predicted molar refractivity (Wildman–Crippen MR) is 92.9 cm³/mol. The standard InChI is InChI=1S/C20H15F2NO3/c21-16-7-3-6-15(18(16)22)19(24)23-17(20(25)26)11-12-8-9-13-4-1-2-5-14(13)10-12/h1-10,17H,11H2,(H,23,24)(H,25,26)/t17-/m1/s1. The van der Waals surface area contributed by atoms with Crippen molar-refractivity contribution in [2.24, 2.45) is 0 Å². The maximum absolute atomic E-state index is 13.7. The molecule has 1 atom stereocenters.